The fourth-order valence-electron chi connectivity index (χ4n) is 2.10. The van der Waals surface area contributed by atoms with Crippen LogP contribution in [0.1, 0.15) is 48.5 Å². The molecule has 0 saturated carbocycles. The molecule has 120 valence electrons. The van der Waals surface area contributed by atoms with Crippen molar-refractivity contribution in [2.24, 2.45) is 0 Å². The predicted molar refractivity (Wildman–Crippen MR) is 87.5 cm³/mol. The molecule has 1 aromatic heterocycles. The minimum absolute atomic E-state index is 0.110. The molecule has 0 aliphatic carbocycles. The van der Waals surface area contributed by atoms with E-state index in [0.29, 0.717) is 17.0 Å². The standard InChI is InChI=1S/C17H24N2O3/c1-5-7-9-12(3)14(8-6-2)16-15(13(4)22-19-16)17(21)18-10-11-20/h5,8-9,20H,1,6-7,10-11H2,2-4H3,(H,18,21)/b12-9-,14-8+. The lowest BCUT2D eigenvalue weighted by Crippen LogP contribution is -2.27. The van der Waals surface area contributed by atoms with Crippen LogP contribution in [0, 0.1) is 6.92 Å². The molecule has 5 nitrogen and oxygen atoms in total. The van der Waals surface area contributed by atoms with Gasteiger partial charge in [0, 0.05) is 12.1 Å². The normalized spacial score (nSPS) is 12.4. The molecule has 0 bridgehead atoms. The topological polar surface area (TPSA) is 75.4 Å². The van der Waals surface area contributed by atoms with Crippen molar-refractivity contribution in [2.75, 3.05) is 13.2 Å². The third-order valence-corrected chi connectivity index (χ3v) is 3.17. The highest BCUT2D eigenvalue weighted by molar-refractivity contribution is 6.00. The minimum atomic E-state index is -0.290. The van der Waals surface area contributed by atoms with Gasteiger partial charge >= 0.3 is 0 Å². The summed E-state index contributed by atoms with van der Waals surface area (Å²) in [6.45, 7) is 9.50. The van der Waals surface area contributed by atoms with Crippen LogP contribution in [0.15, 0.2) is 34.9 Å². The molecule has 0 saturated heterocycles. The van der Waals surface area contributed by atoms with Crippen molar-refractivity contribution < 1.29 is 14.4 Å². The van der Waals surface area contributed by atoms with E-state index in [-0.39, 0.29) is 19.1 Å². The van der Waals surface area contributed by atoms with E-state index in [2.05, 4.69) is 17.1 Å². The van der Waals surface area contributed by atoms with Gasteiger partial charge in [0.05, 0.1) is 6.61 Å². The van der Waals surface area contributed by atoms with E-state index in [9.17, 15) is 4.79 Å². The van der Waals surface area contributed by atoms with E-state index in [1.807, 2.05) is 32.1 Å². The van der Waals surface area contributed by atoms with Crippen LogP contribution in [0.25, 0.3) is 5.57 Å². The highest BCUT2D eigenvalue weighted by Crippen LogP contribution is 2.28. The van der Waals surface area contributed by atoms with Gasteiger partial charge in [0.15, 0.2) is 0 Å². The van der Waals surface area contributed by atoms with Gasteiger partial charge < -0.3 is 14.9 Å². The number of aromatic nitrogens is 1. The predicted octanol–water partition coefficient (Wildman–Crippen LogP) is 3.02. The number of aryl methyl sites for hydroxylation is 1. The lowest BCUT2D eigenvalue weighted by molar-refractivity contribution is 0.0943. The number of carbonyl (C=O) groups excluding carboxylic acids is 1. The molecule has 0 atom stereocenters. The second kappa shape index (κ2) is 9.00. The Morgan fingerprint density at radius 2 is 2.18 bits per heavy atom. The maximum Gasteiger partial charge on any atom is 0.257 e. The Morgan fingerprint density at radius 3 is 2.77 bits per heavy atom. The molecular formula is C17H24N2O3. The zero-order valence-corrected chi connectivity index (χ0v) is 13.5. The van der Waals surface area contributed by atoms with E-state index in [0.717, 1.165) is 24.0 Å². The minimum Gasteiger partial charge on any atom is -0.395 e. The van der Waals surface area contributed by atoms with Gasteiger partial charge in [-0.3, -0.25) is 4.79 Å². The SMILES string of the molecule is C=CC/C=C(C)\C(=C/CC)c1noc(C)c1C(=O)NCCO. The first-order valence-electron chi connectivity index (χ1n) is 7.40. The molecule has 0 fully saturated rings. The van der Waals surface area contributed by atoms with Gasteiger partial charge in [-0.25, -0.2) is 0 Å². The van der Waals surface area contributed by atoms with Gasteiger partial charge in [0.1, 0.15) is 17.0 Å². The van der Waals surface area contributed by atoms with Gasteiger partial charge in [0.2, 0.25) is 0 Å². The van der Waals surface area contributed by atoms with Crippen LogP contribution in [0.5, 0.6) is 0 Å². The molecule has 0 aliphatic heterocycles. The van der Waals surface area contributed by atoms with Gasteiger partial charge in [-0.15, -0.1) is 6.58 Å². The smallest absolute Gasteiger partial charge is 0.257 e. The monoisotopic (exact) mass is 304 g/mol. The zero-order valence-electron chi connectivity index (χ0n) is 13.5. The van der Waals surface area contributed by atoms with Crippen LogP contribution < -0.4 is 5.32 Å². The average molecular weight is 304 g/mol. The number of nitrogens with one attached hydrogen (secondary N) is 1. The molecule has 0 radical (unpaired) electrons. The summed E-state index contributed by atoms with van der Waals surface area (Å²) in [7, 11) is 0. The molecule has 0 aliphatic rings. The Morgan fingerprint density at radius 1 is 1.45 bits per heavy atom. The quantitative estimate of drug-likeness (QED) is 0.572. The van der Waals surface area contributed by atoms with Crippen LogP contribution in [0.2, 0.25) is 0 Å². The summed E-state index contributed by atoms with van der Waals surface area (Å²) in [4.78, 5) is 12.3. The maximum atomic E-state index is 12.3. The van der Waals surface area contributed by atoms with Crippen molar-refractivity contribution in [3.8, 4) is 0 Å². The fourth-order valence-corrected chi connectivity index (χ4v) is 2.10. The largest absolute Gasteiger partial charge is 0.395 e. The van der Waals surface area contributed by atoms with Crippen LogP contribution in [-0.2, 0) is 0 Å². The molecule has 1 rings (SSSR count). The summed E-state index contributed by atoms with van der Waals surface area (Å²) in [6, 6.07) is 0. The lowest BCUT2D eigenvalue weighted by atomic mass is 9.97. The molecule has 1 aromatic rings. The lowest BCUT2D eigenvalue weighted by Gasteiger charge is -2.08. The summed E-state index contributed by atoms with van der Waals surface area (Å²) in [5.74, 6) is 0.172. The van der Waals surface area contributed by atoms with Crippen molar-refractivity contribution in [1.82, 2.24) is 10.5 Å². The Labute approximate surface area is 131 Å². The van der Waals surface area contributed by atoms with Crippen molar-refractivity contribution in [1.29, 1.82) is 0 Å². The van der Waals surface area contributed by atoms with Crippen molar-refractivity contribution >= 4 is 11.5 Å². The van der Waals surface area contributed by atoms with Gasteiger partial charge in [-0.1, -0.05) is 30.3 Å². The highest BCUT2D eigenvalue weighted by Gasteiger charge is 2.23. The molecule has 1 amide bonds. The number of rotatable bonds is 8. The zero-order chi connectivity index (χ0) is 16.5. The molecule has 2 N–H and O–H groups in total. The molecular weight excluding hydrogens is 280 g/mol. The third kappa shape index (κ3) is 4.43. The molecule has 1 heterocycles. The van der Waals surface area contributed by atoms with Crippen LogP contribution in [0.4, 0.5) is 0 Å². The molecule has 0 spiro atoms. The first-order valence-corrected chi connectivity index (χ1v) is 7.40. The Balaban J connectivity index is 3.25. The van der Waals surface area contributed by atoms with Crippen molar-refractivity contribution in [3.63, 3.8) is 0 Å². The number of amides is 1. The highest BCUT2D eigenvalue weighted by atomic mass is 16.5. The van der Waals surface area contributed by atoms with E-state index in [1.54, 1.807) is 6.92 Å². The third-order valence-electron chi connectivity index (χ3n) is 3.17. The van der Waals surface area contributed by atoms with Crippen LogP contribution in [0.3, 0.4) is 0 Å². The van der Waals surface area contributed by atoms with E-state index >= 15 is 0 Å². The summed E-state index contributed by atoms with van der Waals surface area (Å²) in [6.07, 6.45) is 7.44. The van der Waals surface area contributed by atoms with E-state index < -0.39 is 0 Å². The Bertz CT molecular complexity index is 583. The number of carbonyl (C=O) groups is 1. The van der Waals surface area contributed by atoms with Gasteiger partial charge in [-0.05, 0) is 32.3 Å². The second-order valence-corrected chi connectivity index (χ2v) is 4.88. The average Bonchev–Trinajstić information content (AvgIpc) is 2.89. The number of nitrogens with zero attached hydrogens (tertiary/aromatic N) is 1. The van der Waals surface area contributed by atoms with Crippen LogP contribution in [-0.4, -0.2) is 29.3 Å². The van der Waals surface area contributed by atoms with Crippen molar-refractivity contribution in [2.45, 2.75) is 33.6 Å². The van der Waals surface area contributed by atoms with Gasteiger partial charge in [-0.2, -0.15) is 0 Å². The first kappa shape index (κ1) is 17.9. The number of allylic oxidation sites excluding steroid dienone is 5. The summed E-state index contributed by atoms with van der Waals surface area (Å²) in [5, 5.41) is 15.5. The molecule has 22 heavy (non-hydrogen) atoms. The fraction of sp³-hybridized carbons (Fsp3) is 0.412. The van der Waals surface area contributed by atoms with E-state index in [4.69, 9.17) is 9.63 Å². The summed E-state index contributed by atoms with van der Waals surface area (Å²) in [5.41, 5.74) is 2.86. The molecule has 0 unspecified atom stereocenters. The van der Waals surface area contributed by atoms with Gasteiger partial charge in [0.25, 0.3) is 5.91 Å². The Kier molecular flexibility index (Phi) is 7.32. The molecule has 5 heteroatoms. The first-order chi connectivity index (χ1) is 10.6. The van der Waals surface area contributed by atoms with Crippen molar-refractivity contribution in [3.05, 3.63) is 47.4 Å². The number of aliphatic hydroxyl groups is 1. The second-order valence-electron chi connectivity index (χ2n) is 4.88. The summed E-state index contributed by atoms with van der Waals surface area (Å²) < 4.78 is 5.22. The van der Waals surface area contributed by atoms with E-state index in [1.165, 1.54) is 0 Å². The summed E-state index contributed by atoms with van der Waals surface area (Å²) >= 11 is 0. The number of hydrogen-bond acceptors (Lipinski definition) is 4. The Hall–Kier alpha value is -2.14. The number of hydrogen-bond donors (Lipinski definition) is 2. The number of aliphatic hydroxyl groups excluding tert-OH is 1. The molecule has 0 aromatic carbocycles. The van der Waals surface area contributed by atoms with Crippen LogP contribution >= 0.6 is 0 Å². The maximum absolute atomic E-state index is 12.3.